The second-order valence-electron chi connectivity index (χ2n) is 4.14. The fraction of sp³-hybridized carbons (Fsp3) is 0.364. The van der Waals surface area contributed by atoms with Gasteiger partial charge in [-0.3, -0.25) is 0 Å². The Kier molecular flexibility index (Phi) is 3.23. The second-order valence-corrected chi connectivity index (χ2v) is 4.14. The molecule has 0 radical (unpaired) electrons. The van der Waals surface area contributed by atoms with E-state index < -0.39 is 0 Å². The molecule has 0 amide bonds. The number of hydrogen-bond acceptors (Lipinski definition) is 2. The van der Waals surface area contributed by atoms with Gasteiger partial charge in [0.05, 0.1) is 6.21 Å². The molecule has 0 fully saturated rings. The molecule has 1 aromatic carbocycles. The summed E-state index contributed by atoms with van der Waals surface area (Å²) >= 11 is 0. The highest BCUT2D eigenvalue weighted by Gasteiger charge is 2.05. The van der Waals surface area contributed by atoms with E-state index in [1.165, 1.54) is 12.3 Å². The Morgan fingerprint density at radius 1 is 1.29 bits per heavy atom. The first-order valence-electron chi connectivity index (χ1n) is 4.54. The first-order chi connectivity index (χ1) is 6.49. The van der Waals surface area contributed by atoms with Crippen LogP contribution in [0.15, 0.2) is 29.4 Å². The molecular weight excluding hydrogens is 179 g/mol. The van der Waals surface area contributed by atoms with Crippen LogP contribution in [-0.2, 0) is 0 Å². The standard InChI is InChI=1S/C11H15FN2/c1-11(2,3)14-13-8-9-6-4-5-7-10(9)12/h4-8,14H,1-3H3/b13-8+. The lowest BCUT2D eigenvalue weighted by Crippen LogP contribution is -2.31. The number of nitrogens with zero attached hydrogens (tertiary/aromatic N) is 1. The van der Waals surface area contributed by atoms with Crippen molar-refractivity contribution in [2.24, 2.45) is 5.10 Å². The lowest BCUT2D eigenvalue weighted by atomic mass is 10.1. The third-order valence-corrected chi connectivity index (χ3v) is 1.51. The van der Waals surface area contributed by atoms with E-state index in [4.69, 9.17) is 0 Å². The van der Waals surface area contributed by atoms with E-state index in [1.54, 1.807) is 18.2 Å². The van der Waals surface area contributed by atoms with E-state index in [0.717, 1.165) is 0 Å². The molecule has 0 atom stereocenters. The van der Waals surface area contributed by atoms with Gasteiger partial charge in [0.25, 0.3) is 0 Å². The Morgan fingerprint density at radius 2 is 1.93 bits per heavy atom. The van der Waals surface area contributed by atoms with Crippen LogP contribution in [-0.4, -0.2) is 11.8 Å². The lowest BCUT2D eigenvalue weighted by molar-refractivity contribution is 0.442. The molecule has 0 heterocycles. The maximum atomic E-state index is 13.1. The number of nitrogens with one attached hydrogen (secondary N) is 1. The summed E-state index contributed by atoms with van der Waals surface area (Å²) in [6.07, 6.45) is 1.49. The number of hydrazone groups is 1. The van der Waals surface area contributed by atoms with Crippen LogP contribution in [0, 0.1) is 5.82 Å². The number of hydrogen-bond donors (Lipinski definition) is 1. The van der Waals surface area contributed by atoms with Crippen molar-refractivity contribution in [3.63, 3.8) is 0 Å². The monoisotopic (exact) mass is 194 g/mol. The molecule has 0 aliphatic rings. The summed E-state index contributed by atoms with van der Waals surface area (Å²) < 4.78 is 13.1. The van der Waals surface area contributed by atoms with Crippen LogP contribution < -0.4 is 5.43 Å². The average Bonchev–Trinajstić information content (AvgIpc) is 2.06. The summed E-state index contributed by atoms with van der Waals surface area (Å²) in [5.74, 6) is -0.257. The summed E-state index contributed by atoms with van der Waals surface area (Å²) in [5.41, 5.74) is 3.29. The molecule has 76 valence electrons. The van der Waals surface area contributed by atoms with Gasteiger partial charge in [-0.25, -0.2) is 4.39 Å². The van der Waals surface area contributed by atoms with E-state index in [-0.39, 0.29) is 11.4 Å². The molecule has 0 unspecified atom stereocenters. The Bertz CT molecular complexity index is 326. The Morgan fingerprint density at radius 3 is 2.50 bits per heavy atom. The zero-order valence-electron chi connectivity index (χ0n) is 8.71. The normalized spacial score (nSPS) is 12.0. The molecule has 0 aliphatic carbocycles. The van der Waals surface area contributed by atoms with Gasteiger partial charge in [-0.1, -0.05) is 18.2 Å². The summed E-state index contributed by atoms with van der Waals surface area (Å²) in [5, 5.41) is 3.96. The number of benzene rings is 1. The van der Waals surface area contributed by atoms with Crippen LogP contribution in [0.2, 0.25) is 0 Å². The SMILES string of the molecule is CC(C)(C)N/N=C/c1ccccc1F. The molecule has 0 saturated carbocycles. The molecular formula is C11H15FN2. The zero-order valence-corrected chi connectivity index (χ0v) is 8.71. The fourth-order valence-corrected chi connectivity index (χ4v) is 0.875. The molecule has 1 N–H and O–H groups in total. The van der Waals surface area contributed by atoms with Crippen LogP contribution in [0.3, 0.4) is 0 Å². The van der Waals surface area contributed by atoms with Crippen LogP contribution in [0.5, 0.6) is 0 Å². The van der Waals surface area contributed by atoms with Crippen molar-refractivity contribution in [1.29, 1.82) is 0 Å². The highest BCUT2D eigenvalue weighted by molar-refractivity contribution is 5.79. The van der Waals surface area contributed by atoms with Crippen molar-refractivity contribution in [3.05, 3.63) is 35.6 Å². The Labute approximate surface area is 83.8 Å². The quantitative estimate of drug-likeness (QED) is 0.568. The number of rotatable bonds is 2. The topological polar surface area (TPSA) is 24.4 Å². The smallest absolute Gasteiger partial charge is 0.132 e. The van der Waals surface area contributed by atoms with Crippen molar-refractivity contribution >= 4 is 6.21 Å². The summed E-state index contributed by atoms with van der Waals surface area (Å²) in [4.78, 5) is 0. The minimum atomic E-state index is -0.257. The van der Waals surface area contributed by atoms with Gasteiger partial charge in [-0.05, 0) is 26.8 Å². The van der Waals surface area contributed by atoms with Gasteiger partial charge in [-0.2, -0.15) is 5.10 Å². The summed E-state index contributed by atoms with van der Waals surface area (Å²) in [6.45, 7) is 5.98. The highest BCUT2D eigenvalue weighted by Crippen LogP contribution is 2.03. The van der Waals surface area contributed by atoms with Crippen LogP contribution in [0.4, 0.5) is 4.39 Å². The fourth-order valence-electron chi connectivity index (χ4n) is 0.875. The lowest BCUT2D eigenvalue weighted by Gasteiger charge is -2.16. The zero-order chi connectivity index (χ0) is 10.6. The molecule has 2 nitrogen and oxygen atoms in total. The van der Waals surface area contributed by atoms with Crippen LogP contribution in [0.25, 0.3) is 0 Å². The van der Waals surface area contributed by atoms with Crippen molar-refractivity contribution in [2.75, 3.05) is 0 Å². The van der Waals surface area contributed by atoms with Gasteiger partial charge >= 0.3 is 0 Å². The van der Waals surface area contributed by atoms with E-state index in [1.807, 2.05) is 20.8 Å². The minimum absolute atomic E-state index is 0.0955. The van der Waals surface area contributed by atoms with Gasteiger partial charge in [-0.15, -0.1) is 0 Å². The maximum absolute atomic E-state index is 13.1. The first-order valence-corrected chi connectivity index (χ1v) is 4.54. The largest absolute Gasteiger partial charge is 0.305 e. The molecule has 0 aliphatic heterocycles. The third kappa shape index (κ3) is 3.56. The highest BCUT2D eigenvalue weighted by atomic mass is 19.1. The molecule has 3 heteroatoms. The molecule has 0 aromatic heterocycles. The Balaban J connectivity index is 2.65. The Hall–Kier alpha value is -1.38. The number of halogens is 1. The summed E-state index contributed by atoms with van der Waals surface area (Å²) in [6, 6.07) is 6.53. The third-order valence-electron chi connectivity index (χ3n) is 1.51. The van der Waals surface area contributed by atoms with Gasteiger partial charge in [0, 0.05) is 11.1 Å². The van der Waals surface area contributed by atoms with E-state index >= 15 is 0 Å². The van der Waals surface area contributed by atoms with Crippen molar-refractivity contribution < 1.29 is 4.39 Å². The van der Waals surface area contributed by atoms with Gasteiger partial charge in [0.15, 0.2) is 0 Å². The second kappa shape index (κ2) is 4.22. The van der Waals surface area contributed by atoms with E-state index in [2.05, 4.69) is 10.5 Å². The van der Waals surface area contributed by atoms with Crippen molar-refractivity contribution in [2.45, 2.75) is 26.3 Å². The maximum Gasteiger partial charge on any atom is 0.132 e. The molecule has 0 spiro atoms. The van der Waals surface area contributed by atoms with Crippen LogP contribution >= 0.6 is 0 Å². The average molecular weight is 194 g/mol. The van der Waals surface area contributed by atoms with Crippen molar-refractivity contribution in [3.8, 4) is 0 Å². The van der Waals surface area contributed by atoms with Gasteiger partial charge in [0.2, 0.25) is 0 Å². The van der Waals surface area contributed by atoms with Gasteiger partial charge < -0.3 is 5.43 Å². The molecule has 0 bridgehead atoms. The molecule has 0 saturated heterocycles. The minimum Gasteiger partial charge on any atom is -0.305 e. The van der Waals surface area contributed by atoms with E-state index in [0.29, 0.717) is 5.56 Å². The van der Waals surface area contributed by atoms with Crippen LogP contribution in [0.1, 0.15) is 26.3 Å². The molecule has 1 rings (SSSR count). The predicted octanol–water partition coefficient (Wildman–Crippen LogP) is 2.55. The first kappa shape index (κ1) is 10.7. The van der Waals surface area contributed by atoms with E-state index in [9.17, 15) is 4.39 Å². The summed E-state index contributed by atoms with van der Waals surface area (Å²) in [7, 11) is 0. The van der Waals surface area contributed by atoms with Gasteiger partial charge in [0.1, 0.15) is 5.82 Å². The predicted molar refractivity (Wildman–Crippen MR) is 56.9 cm³/mol. The molecule has 14 heavy (non-hydrogen) atoms. The molecule has 1 aromatic rings. The van der Waals surface area contributed by atoms with Crippen molar-refractivity contribution in [1.82, 2.24) is 5.43 Å².